The van der Waals surface area contributed by atoms with Crippen LogP contribution in [0.2, 0.25) is 0 Å². The maximum atomic E-state index is 9.11. The van der Waals surface area contributed by atoms with Gasteiger partial charge >= 0.3 is 0 Å². The minimum absolute atomic E-state index is 0.227. The minimum Gasteiger partial charge on any atom is -0.396 e. The van der Waals surface area contributed by atoms with Gasteiger partial charge in [-0.25, -0.2) is 4.98 Å². The lowest BCUT2D eigenvalue weighted by Crippen LogP contribution is -2.09. The van der Waals surface area contributed by atoms with Crippen LogP contribution in [0.3, 0.4) is 0 Å². The Morgan fingerprint density at radius 3 is 2.83 bits per heavy atom. The van der Waals surface area contributed by atoms with E-state index in [1.807, 2.05) is 26.8 Å². The van der Waals surface area contributed by atoms with Crippen molar-refractivity contribution in [3.63, 3.8) is 0 Å². The van der Waals surface area contributed by atoms with Crippen LogP contribution < -0.4 is 5.32 Å². The topological polar surface area (TPSA) is 68.9 Å². The number of hydrogen-bond donors (Lipinski definition) is 2. The Labute approximate surface area is 109 Å². The Hall–Kier alpha value is -1.60. The quantitative estimate of drug-likeness (QED) is 0.757. The second-order valence-corrected chi connectivity index (χ2v) is 4.77. The molecule has 4 nitrogen and oxygen atoms in total. The largest absolute Gasteiger partial charge is 0.396 e. The van der Waals surface area contributed by atoms with Gasteiger partial charge in [0.15, 0.2) is 0 Å². The molecule has 1 atom stereocenters. The Bertz CT molecular complexity index is 437. The summed E-state index contributed by atoms with van der Waals surface area (Å²) in [6, 6.07) is 4.10. The molecule has 0 saturated carbocycles. The van der Waals surface area contributed by atoms with Gasteiger partial charge in [0.05, 0.1) is 5.56 Å². The standard InChI is InChI=1S/C14H21N3O/c1-10(9-18)5-4-6-16-14-13(8-15)11(2)7-12(3)17-14/h7,10,18H,4-6,9H2,1-3H3,(H,16,17). The van der Waals surface area contributed by atoms with Gasteiger partial charge in [0, 0.05) is 18.8 Å². The molecule has 0 fully saturated rings. The Kier molecular flexibility index (Phi) is 5.60. The van der Waals surface area contributed by atoms with Crippen molar-refractivity contribution in [1.82, 2.24) is 4.98 Å². The van der Waals surface area contributed by atoms with Crippen LogP contribution in [-0.4, -0.2) is 23.2 Å². The van der Waals surface area contributed by atoms with Crippen LogP contribution in [0.25, 0.3) is 0 Å². The number of aliphatic hydroxyl groups excluding tert-OH is 1. The fourth-order valence-electron chi connectivity index (χ4n) is 1.85. The molecule has 0 aliphatic heterocycles. The first-order chi connectivity index (χ1) is 8.58. The number of aryl methyl sites for hydroxylation is 2. The van der Waals surface area contributed by atoms with Crippen molar-refractivity contribution in [1.29, 1.82) is 5.26 Å². The van der Waals surface area contributed by atoms with Gasteiger partial charge in [0.25, 0.3) is 0 Å². The summed E-state index contributed by atoms with van der Waals surface area (Å²) in [4.78, 5) is 4.36. The summed E-state index contributed by atoms with van der Waals surface area (Å²) in [6.07, 6.45) is 1.93. The van der Waals surface area contributed by atoms with E-state index in [1.165, 1.54) is 0 Å². The van der Waals surface area contributed by atoms with Crippen molar-refractivity contribution in [2.75, 3.05) is 18.5 Å². The molecule has 0 saturated heterocycles. The van der Waals surface area contributed by atoms with Gasteiger partial charge < -0.3 is 10.4 Å². The van der Waals surface area contributed by atoms with Crippen molar-refractivity contribution in [2.45, 2.75) is 33.6 Å². The number of hydrogen-bond acceptors (Lipinski definition) is 4. The number of nitrogens with zero attached hydrogens (tertiary/aromatic N) is 2. The van der Waals surface area contributed by atoms with Gasteiger partial charge in [-0.15, -0.1) is 0 Å². The number of rotatable bonds is 6. The molecule has 0 spiro atoms. The zero-order chi connectivity index (χ0) is 13.5. The lowest BCUT2D eigenvalue weighted by Gasteiger charge is -2.11. The van der Waals surface area contributed by atoms with Crippen molar-refractivity contribution < 1.29 is 5.11 Å². The van der Waals surface area contributed by atoms with E-state index in [0.717, 1.165) is 30.6 Å². The summed E-state index contributed by atoms with van der Waals surface area (Å²) in [5.74, 6) is 1.00. The number of aromatic nitrogens is 1. The Morgan fingerprint density at radius 1 is 1.50 bits per heavy atom. The van der Waals surface area contributed by atoms with E-state index in [-0.39, 0.29) is 6.61 Å². The fourth-order valence-corrected chi connectivity index (χ4v) is 1.85. The monoisotopic (exact) mass is 247 g/mol. The summed E-state index contributed by atoms with van der Waals surface area (Å²) in [5, 5.41) is 21.3. The zero-order valence-electron chi connectivity index (χ0n) is 11.3. The number of aliphatic hydroxyl groups is 1. The Balaban J connectivity index is 2.60. The molecule has 98 valence electrons. The first-order valence-corrected chi connectivity index (χ1v) is 6.31. The second kappa shape index (κ2) is 6.97. The van der Waals surface area contributed by atoms with Gasteiger partial charge in [0.2, 0.25) is 0 Å². The molecule has 1 aromatic heterocycles. The summed E-state index contributed by atoms with van der Waals surface area (Å²) in [6.45, 7) is 6.87. The zero-order valence-corrected chi connectivity index (χ0v) is 11.3. The normalized spacial score (nSPS) is 11.9. The van der Waals surface area contributed by atoms with Crippen molar-refractivity contribution in [3.05, 3.63) is 22.9 Å². The van der Waals surface area contributed by atoms with Crippen LogP contribution >= 0.6 is 0 Å². The van der Waals surface area contributed by atoms with E-state index >= 15 is 0 Å². The first kappa shape index (κ1) is 14.5. The molecule has 18 heavy (non-hydrogen) atoms. The molecule has 1 unspecified atom stereocenters. The summed E-state index contributed by atoms with van der Waals surface area (Å²) < 4.78 is 0. The third kappa shape index (κ3) is 4.01. The number of anilines is 1. The van der Waals surface area contributed by atoms with Crippen molar-refractivity contribution in [3.8, 4) is 6.07 Å². The average Bonchev–Trinajstić information content (AvgIpc) is 2.33. The van der Waals surface area contributed by atoms with E-state index in [1.54, 1.807) is 0 Å². The lowest BCUT2D eigenvalue weighted by atomic mass is 10.1. The molecule has 0 aliphatic carbocycles. The second-order valence-electron chi connectivity index (χ2n) is 4.77. The summed E-state index contributed by atoms with van der Waals surface area (Å²) >= 11 is 0. The maximum absolute atomic E-state index is 9.11. The smallest absolute Gasteiger partial charge is 0.144 e. The highest BCUT2D eigenvalue weighted by Crippen LogP contribution is 2.17. The van der Waals surface area contributed by atoms with Crippen LogP contribution in [0.5, 0.6) is 0 Å². The predicted octanol–water partition coefficient (Wildman–Crippen LogP) is 2.39. The molecule has 0 aromatic carbocycles. The van der Waals surface area contributed by atoms with E-state index < -0.39 is 0 Å². The van der Waals surface area contributed by atoms with Gasteiger partial charge in [-0.2, -0.15) is 5.26 Å². The van der Waals surface area contributed by atoms with Gasteiger partial charge in [-0.1, -0.05) is 6.92 Å². The highest BCUT2D eigenvalue weighted by molar-refractivity contribution is 5.56. The average molecular weight is 247 g/mol. The molecule has 1 heterocycles. The number of nitrogens with one attached hydrogen (secondary N) is 1. The lowest BCUT2D eigenvalue weighted by molar-refractivity contribution is 0.229. The summed E-state index contributed by atoms with van der Waals surface area (Å²) in [5.41, 5.74) is 2.49. The molecule has 2 N–H and O–H groups in total. The molecule has 1 aromatic rings. The van der Waals surface area contributed by atoms with Crippen LogP contribution in [0, 0.1) is 31.1 Å². The van der Waals surface area contributed by atoms with Crippen LogP contribution in [0.1, 0.15) is 36.6 Å². The highest BCUT2D eigenvalue weighted by atomic mass is 16.3. The molecule has 0 aliphatic rings. The van der Waals surface area contributed by atoms with E-state index in [4.69, 9.17) is 10.4 Å². The molecular formula is C14H21N3O. The first-order valence-electron chi connectivity index (χ1n) is 6.31. The summed E-state index contributed by atoms with van der Waals surface area (Å²) in [7, 11) is 0. The van der Waals surface area contributed by atoms with E-state index in [2.05, 4.69) is 16.4 Å². The predicted molar refractivity (Wildman–Crippen MR) is 72.4 cm³/mol. The van der Waals surface area contributed by atoms with Crippen molar-refractivity contribution in [2.24, 2.45) is 5.92 Å². The molecule has 0 bridgehead atoms. The molecular weight excluding hydrogens is 226 g/mol. The molecule has 4 heteroatoms. The Morgan fingerprint density at radius 2 is 2.22 bits per heavy atom. The van der Waals surface area contributed by atoms with Crippen LogP contribution in [-0.2, 0) is 0 Å². The molecule has 1 rings (SSSR count). The third-order valence-corrected chi connectivity index (χ3v) is 2.93. The highest BCUT2D eigenvalue weighted by Gasteiger charge is 2.08. The van der Waals surface area contributed by atoms with E-state index in [0.29, 0.717) is 17.3 Å². The van der Waals surface area contributed by atoms with Gasteiger partial charge in [-0.3, -0.25) is 0 Å². The van der Waals surface area contributed by atoms with E-state index in [9.17, 15) is 0 Å². The van der Waals surface area contributed by atoms with Gasteiger partial charge in [0.1, 0.15) is 11.9 Å². The molecule has 0 radical (unpaired) electrons. The van der Waals surface area contributed by atoms with Crippen LogP contribution in [0.15, 0.2) is 6.07 Å². The maximum Gasteiger partial charge on any atom is 0.144 e. The number of pyridine rings is 1. The van der Waals surface area contributed by atoms with Gasteiger partial charge in [-0.05, 0) is 44.2 Å². The third-order valence-electron chi connectivity index (χ3n) is 2.93. The fraction of sp³-hybridized carbons (Fsp3) is 0.571. The molecule has 0 amide bonds. The SMILES string of the molecule is Cc1cc(C)c(C#N)c(NCCCC(C)CO)n1. The van der Waals surface area contributed by atoms with Crippen LogP contribution in [0.4, 0.5) is 5.82 Å². The number of nitriles is 1. The minimum atomic E-state index is 0.227. The van der Waals surface area contributed by atoms with Crippen molar-refractivity contribution >= 4 is 5.82 Å².